The Morgan fingerprint density at radius 2 is 2.18 bits per heavy atom. The summed E-state index contributed by atoms with van der Waals surface area (Å²) in [4.78, 5) is 14.5. The minimum atomic E-state index is -0.613. The van der Waals surface area contributed by atoms with E-state index in [1.807, 2.05) is 38.1 Å². The Labute approximate surface area is 136 Å². The maximum atomic E-state index is 12.6. The van der Waals surface area contributed by atoms with Gasteiger partial charge in [-0.25, -0.2) is 0 Å². The molecule has 22 heavy (non-hydrogen) atoms. The molecule has 0 saturated carbocycles. The predicted molar refractivity (Wildman–Crippen MR) is 87.1 cm³/mol. The molecule has 1 aromatic carbocycles. The summed E-state index contributed by atoms with van der Waals surface area (Å²) in [5.41, 5.74) is 6.22. The number of carbonyl (C=O) groups is 1. The first-order chi connectivity index (χ1) is 10.3. The molecule has 1 aliphatic rings. The largest absolute Gasteiger partial charge is 0.330 e. The van der Waals surface area contributed by atoms with E-state index in [1.54, 1.807) is 11.8 Å². The summed E-state index contributed by atoms with van der Waals surface area (Å²) < 4.78 is 0. The van der Waals surface area contributed by atoms with Crippen LogP contribution >= 0.6 is 11.6 Å². The van der Waals surface area contributed by atoms with Gasteiger partial charge in [0.1, 0.15) is 0 Å². The van der Waals surface area contributed by atoms with Gasteiger partial charge in [-0.05, 0) is 51.3 Å². The van der Waals surface area contributed by atoms with E-state index in [1.165, 1.54) is 0 Å². The van der Waals surface area contributed by atoms with Crippen LogP contribution in [0.1, 0.15) is 45.2 Å². The molecule has 3 atom stereocenters. The number of nitrogens with two attached hydrogens (primary N) is 1. The molecular weight excluding hydrogens is 298 g/mol. The molecule has 1 heterocycles. The Morgan fingerprint density at radius 3 is 2.73 bits per heavy atom. The van der Waals surface area contributed by atoms with E-state index < -0.39 is 11.5 Å². The molecule has 1 aliphatic heterocycles. The van der Waals surface area contributed by atoms with Crippen molar-refractivity contribution in [2.75, 3.05) is 0 Å². The molecule has 0 bridgehead atoms. The Morgan fingerprint density at radius 1 is 1.50 bits per heavy atom. The molecule has 0 radical (unpaired) electrons. The maximum absolute atomic E-state index is 12.6. The lowest BCUT2D eigenvalue weighted by molar-refractivity contribution is -0.137. The van der Waals surface area contributed by atoms with E-state index >= 15 is 0 Å². The van der Waals surface area contributed by atoms with Crippen molar-refractivity contribution in [1.29, 1.82) is 5.26 Å². The fourth-order valence-corrected chi connectivity index (χ4v) is 3.38. The number of halogens is 1. The van der Waals surface area contributed by atoms with Crippen molar-refractivity contribution in [3.05, 3.63) is 34.9 Å². The molecule has 1 saturated heterocycles. The normalized spacial score (nSPS) is 23.2. The molecular formula is C17H22ClN3O. The van der Waals surface area contributed by atoms with Gasteiger partial charge in [-0.15, -0.1) is 0 Å². The van der Waals surface area contributed by atoms with E-state index in [0.717, 1.165) is 18.4 Å². The summed E-state index contributed by atoms with van der Waals surface area (Å²) in [5, 5.41) is 10.1. The van der Waals surface area contributed by atoms with Gasteiger partial charge in [0.25, 0.3) is 0 Å². The summed E-state index contributed by atoms with van der Waals surface area (Å²) in [6, 6.07) is 9.08. The van der Waals surface area contributed by atoms with Crippen molar-refractivity contribution in [3.63, 3.8) is 0 Å². The minimum absolute atomic E-state index is 0.0742. The number of nitrogens with zero attached hydrogens (tertiary/aromatic N) is 2. The number of amides is 1. The van der Waals surface area contributed by atoms with E-state index in [-0.39, 0.29) is 18.0 Å². The average Bonchev–Trinajstić information content (AvgIpc) is 2.91. The van der Waals surface area contributed by atoms with Crippen molar-refractivity contribution >= 4 is 17.5 Å². The monoisotopic (exact) mass is 319 g/mol. The third kappa shape index (κ3) is 3.11. The van der Waals surface area contributed by atoms with Crippen molar-refractivity contribution < 1.29 is 4.79 Å². The zero-order valence-electron chi connectivity index (χ0n) is 13.2. The third-order valence-corrected chi connectivity index (χ3v) is 4.62. The molecule has 1 aromatic rings. The molecule has 5 heteroatoms. The molecule has 2 N–H and O–H groups in total. The fourth-order valence-electron chi connectivity index (χ4n) is 3.18. The summed E-state index contributed by atoms with van der Waals surface area (Å²) in [5.74, 6) is -0.115. The lowest BCUT2D eigenvalue weighted by atomic mass is 9.84. The third-order valence-electron chi connectivity index (χ3n) is 4.38. The lowest BCUT2D eigenvalue weighted by Gasteiger charge is -2.37. The van der Waals surface area contributed by atoms with Gasteiger partial charge in [-0.1, -0.05) is 23.7 Å². The van der Waals surface area contributed by atoms with E-state index in [2.05, 4.69) is 6.07 Å². The van der Waals surface area contributed by atoms with Crippen LogP contribution in [0.25, 0.3) is 0 Å². The van der Waals surface area contributed by atoms with Crippen LogP contribution < -0.4 is 5.73 Å². The number of likely N-dealkylation sites (tertiary alicyclic amines) is 1. The Balaban J connectivity index is 2.43. The van der Waals surface area contributed by atoms with E-state index in [4.69, 9.17) is 17.3 Å². The number of rotatable bonds is 3. The second-order valence-corrected chi connectivity index (χ2v) is 6.97. The molecule has 2 rings (SSSR count). The van der Waals surface area contributed by atoms with Gasteiger partial charge in [-0.2, -0.15) is 5.26 Å². The number of benzene rings is 1. The Bertz CT molecular complexity index is 606. The van der Waals surface area contributed by atoms with Crippen LogP contribution in [-0.2, 0) is 4.79 Å². The van der Waals surface area contributed by atoms with Gasteiger partial charge in [0.2, 0.25) is 5.91 Å². The first kappa shape index (κ1) is 16.8. The summed E-state index contributed by atoms with van der Waals surface area (Å²) in [6.07, 6.45) is 1.60. The van der Waals surface area contributed by atoms with Gasteiger partial charge in [0.05, 0.1) is 29.6 Å². The first-order valence-corrected chi connectivity index (χ1v) is 7.90. The molecule has 0 spiro atoms. The Kier molecular flexibility index (Phi) is 4.79. The highest BCUT2D eigenvalue weighted by molar-refractivity contribution is 6.30. The Hall–Kier alpha value is -1.57. The van der Waals surface area contributed by atoms with E-state index in [9.17, 15) is 10.1 Å². The van der Waals surface area contributed by atoms with Crippen molar-refractivity contribution in [2.24, 2.45) is 11.1 Å². The van der Waals surface area contributed by atoms with Crippen LogP contribution in [-0.4, -0.2) is 22.9 Å². The molecule has 0 aliphatic carbocycles. The van der Waals surface area contributed by atoms with Crippen molar-refractivity contribution in [2.45, 2.75) is 51.7 Å². The number of hydrogen-bond donors (Lipinski definition) is 1. The van der Waals surface area contributed by atoms with Gasteiger partial charge < -0.3 is 10.6 Å². The summed E-state index contributed by atoms with van der Waals surface area (Å²) in [7, 11) is 0. The number of hydrogen-bond acceptors (Lipinski definition) is 3. The molecule has 0 aromatic heterocycles. The zero-order valence-corrected chi connectivity index (χ0v) is 14.0. The van der Waals surface area contributed by atoms with Gasteiger partial charge in [0.15, 0.2) is 0 Å². The van der Waals surface area contributed by atoms with Crippen molar-refractivity contribution in [3.8, 4) is 6.07 Å². The number of nitriles is 1. The van der Waals surface area contributed by atoms with Crippen molar-refractivity contribution in [1.82, 2.24) is 4.90 Å². The number of carbonyl (C=O) groups excluding carboxylic acids is 1. The second kappa shape index (κ2) is 6.28. The minimum Gasteiger partial charge on any atom is -0.330 e. The van der Waals surface area contributed by atoms with Crippen LogP contribution in [0.3, 0.4) is 0 Å². The molecule has 118 valence electrons. The summed E-state index contributed by atoms with van der Waals surface area (Å²) in [6.45, 7) is 5.44. The van der Waals surface area contributed by atoms with Gasteiger partial charge >= 0.3 is 0 Å². The molecule has 1 fully saturated rings. The second-order valence-electron chi connectivity index (χ2n) is 6.53. The smallest absolute Gasteiger partial charge is 0.240 e. The zero-order chi connectivity index (χ0) is 16.5. The summed E-state index contributed by atoms with van der Waals surface area (Å²) >= 11 is 6.09. The standard InChI is InChI=1S/C17H22ClN3O/c1-11(20)16(22)21-14(12-5-4-6-13(18)9-12)7-8-15(21)17(2,3)10-19/h4-6,9,11,14-15H,7-8,20H2,1-3H3/t11-,14+,15+/m1/s1. The van der Waals surface area contributed by atoms with Crippen LogP contribution in [0.15, 0.2) is 24.3 Å². The SMILES string of the molecule is C[C@@H](N)C(=O)N1[C@H](C(C)(C)C#N)CC[C@H]1c1cccc(Cl)c1. The highest BCUT2D eigenvalue weighted by Gasteiger charge is 2.45. The fraction of sp³-hybridized carbons (Fsp3) is 0.529. The van der Waals surface area contributed by atoms with Crippen LogP contribution in [0, 0.1) is 16.7 Å². The van der Waals surface area contributed by atoms with Crippen LogP contribution in [0.2, 0.25) is 5.02 Å². The van der Waals surface area contributed by atoms with E-state index in [0.29, 0.717) is 5.02 Å². The van der Waals surface area contributed by atoms with Gasteiger partial charge in [-0.3, -0.25) is 4.79 Å². The quantitative estimate of drug-likeness (QED) is 0.929. The topological polar surface area (TPSA) is 70.1 Å². The van der Waals surface area contributed by atoms with Crippen LogP contribution in [0.5, 0.6) is 0 Å². The van der Waals surface area contributed by atoms with Crippen LogP contribution in [0.4, 0.5) is 0 Å². The highest BCUT2D eigenvalue weighted by Crippen LogP contribution is 2.43. The first-order valence-electron chi connectivity index (χ1n) is 7.52. The van der Waals surface area contributed by atoms with Gasteiger partial charge in [0, 0.05) is 5.02 Å². The molecule has 1 amide bonds. The molecule has 4 nitrogen and oxygen atoms in total. The predicted octanol–water partition coefficient (Wildman–Crippen LogP) is 3.27. The average molecular weight is 320 g/mol. The lowest BCUT2D eigenvalue weighted by Crippen LogP contribution is -2.50. The highest BCUT2D eigenvalue weighted by atomic mass is 35.5. The maximum Gasteiger partial charge on any atom is 0.240 e. The molecule has 0 unspecified atom stereocenters.